The van der Waals surface area contributed by atoms with Crippen LogP contribution in [0.3, 0.4) is 0 Å². The van der Waals surface area contributed by atoms with E-state index in [1.165, 1.54) is 0 Å². The lowest BCUT2D eigenvalue weighted by atomic mass is 9.84. The van der Waals surface area contributed by atoms with Crippen LogP contribution in [0.2, 0.25) is 0 Å². The highest BCUT2D eigenvalue weighted by atomic mass is 14.2. The lowest BCUT2D eigenvalue weighted by Gasteiger charge is -2.21. The van der Waals surface area contributed by atoms with Gasteiger partial charge < -0.3 is 0 Å². The van der Waals surface area contributed by atoms with E-state index in [0.29, 0.717) is 24.0 Å². The first-order chi connectivity index (χ1) is 8.54. The number of hydrogen-bond acceptors (Lipinski definition) is 0. The largest absolute Gasteiger partial charge is 0.0804 e. The Hall–Kier alpha value is -1.04. The highest BCUT2D eigenvalue weighted by Crippen LogP contribution is 2.31. The van der Waals surface area contributed by atoms with Gasteiger partial charge in [-0.2, -0.15) is 0 Å². The Morgan fingerprint density at radius 2 is 2.20 bits per heavy atom. The van der Waals surface area contributed by atoms with Crippen LogP contribution >= 0.6 is 0 Å². The summed E-state index contributed by atoms with van der Waals surface area (Å²) in [5.74, 6) is 0.324. The molecule has 0 saturated heterocycles. The lowest BCUT2D eigenvalue weighted by Crippen LogP contribution is -2.04. The minimum absolute atomic E-state index is 0.324. The molecule has 2 rings (SSSR count). The average molecular weight is 203 g/mol. The minimum Gasteiger partial charge on any atom is -0.0804 e. The summed E-state index contributed by atoms with van der Waals surface area (Å²) in [5, 5.41) is 0. The van der Waals surface area contributed by atoms with E-state index < -0.39 is 6.37 Å². The molecule has 1 unspecified atom stereocenters. The third kappa shape index (κ3) is 2.71. The molecular formula is C15H20. The first-order valence-corrected chi connectivity index (χ1v) is 5.80. The molecule has 0 nitrogen and oxygen atoms in total. The second-order valence-corrected chi connectivity index (χ2v) is 4.16. The molecule has 0 radical (unpaired) electrons. The van der Waals surface area contributed by atoms with Crippen molar-refractivity contribution in [2.45, 2.75) is 39.0 Å². The van der Waals surface area contributed by atoms with Crippen molar-refractivity contribution in [3.05, 3.63) is 41.9 Å². The summed E-state index contributed by atoms with van der Waals surface area (Å²) < 4.78 is 24.7. The van der Waals surface area contributed by atoms with Crippen LogP contribution in [0.5, 0.6) is 0 Å². The Bertz CT molecular complexity index is 434. The van der Waals surface area contributed by atoms with Crippen molar-refractivity contribution < 1.29 is 4.11 Å². The third-order valence-corrected chi connectivity index (χ3v) is 2.89. The van der Waals surface area contributed by atoms with Crippen molar-refractivity contribution >= 4 is 5.57 Å². The summed E-state index contributed by atoms with van der Waals surface area (Å²) in [6.07, 6.45) is 1.99. The molecule has 0 aromatic heterocycles. The first kappa shape index (κ1) is 7.27. The van der Waals surface area contributed by atoms with Gasteiger partial charge in [-0.05, 0) is 36.3 Å². The van der Waals surface area contributed by atoms with Gasteiger partial charge in [-0.25, -0.2) is 0 Å². The van der Waals surface area contributed by atoms with Gasteiger partial charge in [-0.1, -0.05) is 56.1 Å². The molecule has 0 fully saturated rings. The number of allylic oxidation sites excluding steroid dienone is 2. The molecule has 0 amide bonds. The van der Waals surface area contributed by atoms with Crippen LogP contribution in [-0.4, -0.2) is 0 Å². The van der Waals surface area contributed by atoms with Gasteiger partial charge in [0.15, 0.2) is 0 Å². The summed E-state index contributed by atoms with van der Waals surface area (Å²) in [7, 11) is 0. The fraction of sp³-hybridized carbons (Fsp3) is 0.467. The van der Waals surface area contributed by atoms with Gasteiger partial charge >= 0.3 is 0 Å². The zero-order chi connectivity index (χ0) is 13.2. The Labute approximate surface area is 97.2 Å². The summed E-state index contributed by atoms with van der Waals surface area (Å²) in [5.41, 5.74) is 1.46. The standard InChI is InChI=1S/C15H20/c1-2-6-13-9-11-15(12-10-13)14-7-4-3-5-8-14/h3-5,7-8,11,13H,2,6,9-10,12H2,1H3/i11D,12D2. The van der Waals surface area contributed by atoms with Crippen LogP contribution in [0, 0.1) is 5.92 Å². The van der Waals surface area contributed by atoms with Crippen LogP contribution in [0.25, 0.3) is 5.57 Å². The van der Waals surface area contributed by atoms with E-state index in [4.69, 9.17) is 4.11 Å². The summed E-state index contributed by atoms with van der Waals surface area (Å²) in [6.45, 7) is 2.12. The fourth-order valence-electron chi connectivity index (χ4n) is 2.05. The second kappa shape index (κ2) is 5.16. The molecule has 1 atom stereocenters. The number of hydrogen-bond donors (Lipinski definition) is 0. The van der Waals surface area contributed by atoms with Gasteiger partial charge in [0.1, 0.15) is 0 Å². The van der Waals surface area contributed by atoms with Crippen molar-refractivity contribution in [1.82, 2.24) is 0 Å². The van der Waals surface area contributed by atoms with Gasteiger partial charge in [0.2, 0.25) is 0 Å². The third-order valence-electron chi connectivity index (χ3n) is 2.89. The quantitative estimate of drug-likeness (QED) is 0.669. The molecule has 80 valence electrons. The molecule has 1 aromatic rings. The topological polar surface area (TPSA) is 0 Å². The van der Waals surface area contributed by atoms with Gasteiger partial charge in [-0.3, -0.25) is 0 Å². The minimum atomic E-state index is -1.36. The molecule has 15 heavy (non-hydrogen) atoms. The van der Waals surface area contributed by atoms with Gasteiger partial charge in [0.25, 0.3) is 0 Å². The molecule has 1 aliphatic rings. The van der Waals surface area contributed by atoms with Crippen molar-refractivity contribution in [3.8, 4) is 0 Å². The van der Waals surface area contributed by atoms with Gasteiger partial charge in [0.05, 0.1) is 1.37 Å². The predicted molar refractivity (Wildman–Crippen MR) is 66.7 cm³/mol. The van der Waals surface area contributed by atoms with E-state index in [-0.39, 0.29) is 0 Å². The molecule has 0 aliphatic heterocycles. The van der Waals surface area contributed by atoms with E-state index in [9.17, 15) is 0 Å². The second-order valence-electron chi connectivity index (χ2n) is 4.16. The molecule has 1 aliphatic carbocycles. The van der Waals surface area contributed by atoms with Gasteiger partial charge in [-0.15, -0.1) is 0 Å². The van der Waals surface area contributed by atoms with E-state index in [0.717, 1.165) is 24.8 Å². The summed E-state index contributed by atoms with van der Waals surface area (Å²) in [6, 6.07) is 10.0. The first-order valence-electron chi connectivity index (χ1n) is 7.30. The maximum Gasteiger partial charge on any atom is 0.0579 e. The molecule has 0 spiro atoms. The van der Waals surface area contributed by atoms with Gasteiger partial charge in [0, 0.05) is 2.74 Å². The van der Waals surface area contributed by atoms with Crippen LogP contribution in [0.15, 0.2) is 36.4 Å². The number of benzene rings is 1. The Balaban J connectivity index is 2.36. The van der Waals surface area contributed by atoms with E-state index >= 15 is 0 Å². The molecule has 0 saturated carbocycles. The average Bonchev–Trinajstić information content (AvgIpc) is 2.28. The van der Waals surface area contributed by atoms with Crippen molar-refractivity contribution in [1.29, 1.82) is 0 Å². The highest BCUT2D eigenvalue weighted by Gasteiger charge is 2.13. The number of rotatable bonds is 3. The molecule has 0 bridgehead atoms. The maximum absolute atomic E-state index is 8.25. The Morgan fingerprint density at radius 3 is 2.87 bits per heavy atom. The Kier molecular flexibility index (Phi) is 2.50. The molecule has 1 aromatic carbocycles. The fourth-order valence-corrected chi connectivity index (χ4v) is 2.05. The molecule has 0 heteroatoms. The molecule has 0 heterocycles. The van der Waals surface area contributed by atoms with Crippen molar-refractivity contribution in [3.63, 3.8) is 0 Å². The van der Waals surface area contributed by atoms with Crippen LogP contribution in [-0.2, 0) is 0 Å². The van der Waals surface area contributed by atoms with E-state index in [1.807, 2.05) is 30.3 Å². The summed E-state index contributed by atoms with van der Waals surface area (Å²) >= 11 is 0. The van der Waals surface area contributed by atoms with Crippen LogP contribution < -0.4 is 0 Å². The maximum atomic E-state index is 8.25. The zero-order valence-electron chi connectivity index (χ0n) is 12.3. The van der Waals surface area contributed by atoms with Crippen LogP contribution in [0.4, 0.5) is 0 Å². The SMILES string of the molecule is [2H]C1=C(c2ccccc2)C([2H])([2H])CC(CCC)C1. The van der Waals surface area contributed by atoms with Crippen molar-refractivity contribution in [2.24, 2.45) is 5.92 Å². The predicted octanol–water partition coefficient (Wildman–Crippen LogP) is 4.67. The monoisotopic (exact) mass is 203 g/mol. The molecule has 0 N–H and O–H groups in total. The highest BCUT2D eigenvalue weighted by molar-refractivity contribution is 5.66. The van der Waals surface area contributed by atoms with E-state index in [1.54, 1.807) is 0 Å². The summed E-state index contributed by atoms with van der Waals surface area (Å²) in [4.78, 5) is 0. The lowest BCUT2D eigenvalue weighted by molar-refractivity contribution is 0.445. The van der Waals surface area contributed by atoms with E-state index in [2.05, 4.69) is 6.92 Å². The molecular weight excluding hydrogens is 180 g/mol. The van der Waals surface area contributed by atoms with Crippen molar-refractivity contribution in [2.75, 3.05) is 0 Å². The normalized spacial score (nSPS) is 28.1. The van der Waals surface area contributed by atoms with Crippen LogP contribution in [0.1, 0.15) is 48.7 Å². The zero-order valence-corrected chi connectivity index (χ0v) is 9.29. The smallest absolute Gasteiger partial charge is 0.0579 e. The Morgan fingerprint density at radius 1 is 1.40 bits per heavy atom.